The molecule has 142 valence electrons. The Labute approximate surface area is 156 Å². The quantitative estimate of drug-likeness (QED) is 0.632. The molecule has 3 rings (SSSR count). The lowest BCUT2D eigenvalue weighted by Crippen LogP contribution is -2.00. The van der Waals surface area contributed by atoms with Crippen molar-refractivity contribution in [3.05, 3.63) is 35.9 Å². The largest absolute Gasteiger partial charge is 0.508 e. The molecule has 0 radical (unpaired) electrons. The summed E-state index contributed by atoms with van der Waals surface area (Å²) < 4.78 is 11.9. The molecule has 0 amide bonds. The van der Waals surface area contributed by atoms with E-state index in [0.717, 1.165) is 0 Å². The van der Waals surface area contributed by atoms with Crippen LogP contribution in [-0.2, 0) is 0 Å². The molecule has 27 heavy (non-hydrogen) atoms. The number of phenolic OH excluding ortho intramolecular Hbond substituents is 2. The van der Waals surface area contributed by atoms with E-state index in [-0.39, 0.29) is 29.3 Å². The van der Waals surface area contributed by atoms with E-state index in [1.165, 1.54) is 24.9 Å². The summed E-state index contributed by atoms with van der Waals surface area (Å²) in [6.07, 6.45) is 0. The van der Waals surface area contributed by atoms with Gasteiger partial charge in [-0.25, -0.2) is 4.57 Å². The van der Waals surface area contributed by atoms with Gasteiger partial charge in [0.2, 0.25) is 0 Å². The third-order valence-electron chi connectivity index (χ3n) is 4.28. The minimum Gasteiger partial charge on any atom is -0.508 e. The molecule has 0 unspecified atom stereocenters. The highest BCUT2D eigenvalue weighted by atomic mass is 16.5. The van der Waals surface area contributed by atoms with Gasteiger partial charge in [-0.2, -0.15) is 0 Å². The molecule has 0 saturated carbocycles. The van der Waals surface area contributed by atoms with E-state index >= 15 is 0 Å². The Bertz CT molecular complexity index is 982. The number of hydrogen-bond donors (Lipinski definition) is 3. The average molecular weight is 371 g/mol. The first kappa shape index (κ1) is 18.4. The number of benzene rings is 2. The Morgan fingerprint density at radius 2 is 1.59 bits per heavy atom. The first-order chi connectivity index (χ1) is 12.9. The highest BCUT2D eigenvalue weighted by Gasteiger charge is 2.21. The van der Waals surface area contributed by atoms with Gasteiger partial charge in [-0.05, 0) is 29.7 Å². The number of aromatic nitrogens is 3. The van der Waals surface area contributed by atoms with E-state index in [9.17, 15) is 15.3 Å². The van der Waals surface area contributed by atoms with E-state index in [2.05, 4.69) is 10.2 Å². The smallest absolute Gasteiger partial charge is 0.319 e. The summed E-state index contributed by atoms with van der Waals surface area (Å²) in [5, 5.41) is 38.4. The van der Waals surface area contributed by atoms with Gasteiger partial charge in [0, 0.05) is 12.1 Å². The molecule has 0 aliphatic carbocycles. The third kappa shape index (κ3) is 3.21. The Balaban J connectivity index is 2.21. The summed E-state index contributed by atoms with van der Waals surface area (Å²) in [4.78, 5) is 0. The molecule has 0 fully saturated rings. The molecule has 0 bridgehead atoms. The van der Waals surface area contributed by atoms with Crippen LogP contribution in [0.3, 0.4) is 0 Å². The lowest BCUT2D eigenvalue weighted by atomic mass is 9.98. The Hall–Kier alpha value is -3.42. The number of hydrogen-bond acceptors (Lipinski definition) is 7. The minimum absolute atomic E-state index is 0.00680. The molecular weight excluding hydrogens is 350 g/mol. The maximum Gasteiger partial charge on any atom is 0.319 e. The van der Waals surface area contributed by atoms with Crippen LogP contribution in [0.1, 0.15) is 25.3 Å². The molecule has 8 nitrogen and oxygen atoms in total. The van der Waals surface area contributed by atoms with Gasteiger partial charge in [-0.1, -0.05) is 18.9 Å². The second kappa shape index (κ2) is 7.06. The zero-order valence-electron chi connectivity index (χ0n) is 15.5. The number of phenols is 2. The lowest BCUT2D eigenvalue weighted by Gasteiger charge is -2.14. The molecular formula is C19H21N3O5. The summed E-state index contributed by atoms with van der Waals surface area (Å²) in [7, 11) is 3.04. The van der Waals surface area contributed by atoms with Crippen molar-refractivity contribution in [1.82, 2.24) is 14.8 Å². The highest BCUT2D eigenvalue weighted by Crippen LogP contribution is 2.39. The molecule has 3 aromatic rings. The number of aromatic hydroxyl groups is 3. The van der Waals surface area contributed by atoms with Gasteiger partial charge in [0.25, 0.3) is 0 Å². The Morgan fingerprint density at radius 3 is 2.22 bits per heavy atom. The second-order valence-corrected chi connectivity index (χ2v) is 6.28. The molecule has 3 N–H and O–H groups in total. The van der Waals surface area contributed by atoms with Gasteiger partial charge < -0.3 is 24.8 Å². The minimum atomic E-state index is -0.351. The van der Waals surface area contributed by atoms with Crippen molar-refractivity contribution < 1.29 is 24.8 Å². The summed E-state index contributed by atoms with van der Waals surface area (Å²) in [6.45, 7) is 3.85. The van der Waals surface area contributed by atoms with Crippen LogP contribution < -0.4 is 9.47 Å². The van der Waals surface area contributed by atoms with Crippen LogP contribution in [0.25, 0.3) is 17.1 Å². The van der Waals surface area contributed by atoms with E-state index in [1.807, 2.05) is 13.8 Å². The second-order valence-electron chi connectivity index (χ2n) is 6.28. The fraction of sp³-hybridized carbons (Fsp3) is 0.263. The molecule has 0 aliphatic rings. The summed E-state index contributed by atoms with van der Waals surface area (Å²) >= 11 is 0. The Morgan fingerprint density at radius 1 is 0.889 bits per heavy atom. The van der Waals surface area contributed by atoms with Crippen molar-refractivity contribution in [1.29, 1.82) is 0 Å². The zero-order valence-corrected chi connectivity index (χ0v) is 15.5. The van der Waals surface area contributed by atoms with Crippen LogP contribution in [0.4, 0.5) is 0 Å². The van der Waals surface area contributed by atoms with Crippen molar-refractivity contribution in [2.75, 3.05) is 14.2 Å². The molecule has 2 aromatic carbocycles. The Kier molecular flexibility index (Phi) is 4.81. The lowest BCUT2D eigenvalue weighted by molar-refractivity contribution is 0.354. The van der Waals surface area contributed by atoms with Gasteiger partial charge in [0.1, 0.15) is 11.5 Å². The molecule has 1 aromatic heterocycles. The van der Waals surface area contributed by atoms with Gasteiger partial charge in [-0.15, -0.1) is 5.10 Å². The summed E-state index contributed by atoms with van der Waals surface area (Å²) in [5.74, 6) is 1.06. The van der Waals surface area contributed by atoms with E-state index in [4.69, 9.17) is 9.47 Å². The zero-order chi connectivity index (χ0) is 19.7. The highest BCUT2D eigenvalue weighted by molar-refractivity contribution is 5.70. The molecule has 1 heterocycles. The first-order valence-electron chi connectivity index (χ1n) is 8.30. The molecule has 0 aliphatic heterocycles. The number of ether oxygens (including phenoxy) is 2. The van der Waals surface area contributed by atoms with Crippen molar-refractivity contribution in [2.45, 2.75) is 19.8 Å². The predicted octanol–water partition coefficient (Wildman–Crippen LogP) is 3.19. The first-order valence-corrected chi connectivity index (χ1v) is 8.30. The predicted molar refractivity (Wildman–Crippen MR) is 99.0 cm³/mol. The van der Waals surface area contributed by atoms with Crippen LogP contribution >= 0.6 is 0 Å². The molecule has 0 spiro atoms. The monoisotopic (exact) mass is 371 g/mol. The summed E-state index contributed by atoms with van der Waals surface area (Å²) in [6, 6.07) is 7.59. The van der Waals surface area contributed by atoms with E-state index < -0.39 is 0 Å². The fourth-order valence-electron chi connectivity index (χ4n) is 2.89. The molecule has 8 heteroatoms. The van der Waals surface area contributed by atoms with Crippen LogP contribution in [0.15, 0.2) is 30.3 Å². The maximum atomic E-state index is 10.3. The van der Waals surface area contributed by atoms with E-state index in [1.54, 1.807) is 24.3 Å². The van der Waals surface area contributed by atoms with Crippen molar-refractivity contribution in [2.24, 2.45) is 0 Å². The van der Waals surface area contributed by atoms with Crippen LogP contribution in [0.2, 0.25) is 0 Å². The van der Waals surface area contributed by atoms with E-state index in [0.29, 0.717) is 28.3 Å². The standard InChI is InChI=1S/C19H21N3O5/c1-10(2)12-8-13(15(24)9-14(12)23)18-20-21-19(25)22(18)11-5-6-16(26-3)17(7-11)27-4/h5-10,23-24H,1-4H3,(H,21,25). The van der Waals surface area contributed by atoms with Gasteiger partial charge in [-0.3, -0.25) is 0 Å². The number of rotatable bonds is 5. The van der Waals surface area contributed by atoms with Crippen molar-refractivity contribution in [3.8, 4) is 46.1 Å². The van der Waals surface area contributed by atoms with Gasteiger partial charge >= 0.3 is 6.01 Å². The number of methoxy groups -OCH3 is 2. The van der Waals surface area contributed by atoms with Gasteiger partial charge in [0.05, 0.1) is 25.5 Å². The van der Waals surface area contributed by atoms with Crippen LogP contribution in [0.5, 0.6) is 29.0 Å². The third-order valence-corrected chi connectivity index (χ3v) is 4.28. The maximum absolute atomic E-state index is 10.3. The molecule has 0 saturated heterocycles. The van der Waals surface area contributed by atoms with Crippen LogP contribution in [0, 0.1) is 0 Å². The fourth-order valence-corrected chi connectivity index (χ4v) is 2.89. The van der Waals surface area contributed by atoms with Crippen LogP contribution in [-0.4, -0.2) is 44.3 Å². The topological polar surface area (TPSA) is 110 Å². The molecule has 0 atom stereocenters. The SMILES string of the molecule is COc1ccc(-n2c(O)nnc2-c2cc(C(C)C)c(O)cc2O)cc1OC. The average Bonchev–Trinajstić information content (AvgIpc) is 3.02. The van der Waals surface area contributed by atoms with Crippen molar-refractivity contribution in [3.63, 3.8) is 0 Å². The van der Waals surface area contributed by atoms with Gasteiger partial charge in [0.15, 0.2) is 17.3 Å². The number of nitrogens with zero attached hydrogens (tertiary/aromatic N) is 3. The van der Waals surface area contributed by atoms with Crippen molar-refractivity contribution >= 4 is 0 Å². The normalized spacial score (nSPS) is 11.0. The summed E-state index contributed by atoms with van der Waals surface area (Å²) in [5.41, 5.74) is 1.49.